The molecular formula is C111H130N18O11. The van der Waals surface area contributed by atoms with E-state index in [-0.39, 0.29) is 70.0 Å². The monoisotopic (exact) mass is 1890 g/mol. The number of likely N-dealkylation sites (N-methyl/N-ethyl adjacent to an activating group) is 2. The number of benzene rings is 2. The lowest BCUT2D eigenvalue weighted by atomic mass is 9.71. The van der Waals surface area contributed by atoms with Crippen molar-refractivity contribution >= 4 is 76.3 Å². The molecule has 29 nitrogen and oxygen atoms in total. The van der Waals surface area contributed by atoms with E-state index in [4.69, 9.17) is 34.5 Å². The number of rotatable bonds is 18. The van der Waals surface area contributed by atoms with E-state index in [9.17, 15) is 38.4 Å². The van der Waals surface area contributed by atoms with Crippen LogP contribution in [0.2, 0.25) is 0 Å². The standard InChI is InChI=1S/C33H44N6O4.C32H32N4O3.C24H28N4O3.C22H26N4O/c1-24-31(41)35(2)17-18-37(24)19-20-43-23-30(40)39-15-11-33(12-16-39)9-13-38(14-10-33)29-8-7-25(21-34-29)28-22-36(3)32(42)27-6-4-5-26(27)28;1-21-31(37)34(2)15-16-36(21)17-18-39-25-12-14-30-24(19-25)11-13-29(33-30)23-9-7-22(8-10-23)28-20-35(3)32(38)27-6-4-5-26(27)28;1-26-14-20(18-3-2-4-19(18)23(26)31)17-5-6-21(25-13-17)28-12-9-24(16-28)7-10-27(11-8-24)22(30)15-29;1-25-14-19(17-3-2-4-18(17)21(25)27)16-5-6-20(24-13-16)26-12-9-22(15-26)7-10-23-11-8-22/h4-5,7-8,21-22,24H,6,9-20,23H2,1-3H3;4-5,7-14,19-21H,6,15-18H2,1-3H3;2-3,5-6,13-14,29H,4,7-12,15-16H2,1H3;2-3,5-6,13-14,23H,4,7-12,15H2,1H3/t24-;21-;;/m11../s1. The number of nitrogens with zero attached hydrogens (tertiary/aromatic N) is 17. The van der Waals surface area contributed by atoms with Crippen LogP contribution in [0.1, 0.15) is 123 Å². The second-order valence-electron chi connectivity index (χ2n) is 40.5. The van der Waals surface area contributed by atoms with Crippen molar-refractivity contribution in [3.05, 3.63) is 245 Å². The zero-order valence-electron chi connectivity index (χ0n) is 82.1. The van der Waals surface area contributed by atoms with Crippen molar-refractivity contribution in [2.75, 3.05) is 173 Å². The number of piperidine rings is 4. The molecule has 0 radical (unpaired) electrons. The van der Waals surface area contributed by atoms with Gasteiger partial charge in [0, 0.05) is 263 Å². The summed E-state index contributed by atoms with van der Waals surface area (Å²) in [6.45, 7) is 20.6. The Morgan fingerprint density at radius 1 is 0.414 bits per heavy atom. The van der Waals surface area contributed by atoms with Gasteiger partial charge < -0.3 is 72.5 Å². The normalized spacial score (nSPS) is 19.7. The molecule has 16 heterocycles. The van der Waals surface area contributed by atoms with Crippen molar-refractivity contribution in [3.8, 4) is 61.5 Å². The number of piperazine rings is 2. The molecule has 4 amide bonds. The molecule has 8 saturated heterocycles. The van der Waals surface area contributed by atoms with Crippen molar-refractivity contribution in [1.82, 2.24) is 72.9 Å². The van der Waals surface area contributed by atoms with E-state index in [2.05, 4.69) is 133 Å². The van der Waals surface area contributed by atoms with Gasteiger partial charge >= 0.3 is 0 Å². The maximum atomic E-state index is 12.8. The highest BCUT2D eigenvalue weighted by Gasteiger charge is 2.44. The minimum atomic E-state index is -0.399. The van der Waals surface area contributed by atoms with Crippen molar-refractivity contribution in [3.63, 3.8) is 0 Å². The van der Waals surface area contributed by atoms with Gasteiger partial charge in [-0.2, -0.15) is 0 Å². The van der Waals surface area contributed by atoms with Crippen LogP contribution in [-0.2, 0) is 77.8 Å². The predicted octanol–water partition coefficient (Wildman–Crippen LogP) is 11.2. The molecule has 730 valence electrons. The number of aryl methyl sites for hydroxylation is 4. The average Bonchev–Trinajstić information content (AvgIpc) is 1.62. The van der Waals surface area contributed by atoms with Crippen LogP contribution in [0.4, 0.5) is 17.5 Å². The highest BCUT2D eigenvalue weighted by Crippen LogP contribution is 2.46. The number of hydrogen-bond donors (Lipinski definition) is 2. The van der Waals surface area contributed by atoms with E-state index in [1.807, 2.05) is 134 Å². The zero-order valence-corrected chi connectivity index (χ0v) is 82.1. The van der Waals surface area contributed by atoms with E-state index in [0.717, 1.165) is 290 Å². The number of anilines is 3. The Bertz CT molecular complexity index is 6720. The van der Waals surface area contributed by atoms with Gasteiger partial charge in [0.05, 0.1) is 29.9 Å². The van der Waals surface area contributed by atoms with Gasteiger partial charge in [0.15, 0.2) is 0 Å². The molecular weight excluding hydrogens is 1760 g/mol. The van der Waals surface area contributed by atoms with E-state index in [1.54, 1.807) is 40.0 Å². The summed E-state index contributed by atoms with van der Waals surface area (Å²) in [5.41, 5.74) is 20.2. The van der Waals surface area contributed by atoms with Crippen LogP contribution >= 0.6 is 0 Å². The number of carbonyl (C=O) groups is 4. The van der Waals surface area contributed by atoms with Gasteiger partial charge in [0.25, 0.3) is 22.2 Å². The maximum absolute atomic E-state index is 12.8. The van der Waals surface area contributed by atoms with Crippen LogP contribution in [0, 0.1) is 16.2 Å². The minimum Gasteiger partial charge on any atom is -0.492 e. The van der Waals surface area contributed by atoms with Gasteiger partial charge in [-0.1, -0.05) is 78.9 Å². The fraction of sp³-hybridized carbons (Fsp3) is 0.441. The molecule has 22 rings (SSSR count). The van der Waals surface area contributed by atoms with Crippen LogP contribution in [0.3, 0.4) is 0 Å². The number of ether oxygens (including phenoxy) is 2. The van der Waals surface area contributed by atoms with E-state index < -0.39 is 6.61 Å². The largest absolute Gasteiger partial charge is 0.492 e. The molecule has 8 fully saturated rings. The fourth-order valence-electron chi connectivity index (χ4n) is 23.0. The number of allylic oxidation sites excluding steroid dienone is 4. The average molecular weight is 1890 g/mol. The summed E-state index contributed by atoms with van der Waals surface area (Å²) in [5, 5.41) is 13.6. The number of likely N-dealkylation sites (tertiary alicyclic amines) is 2. The molecule has 29 heteroatoms. The molecule has 0 saturated carbocycles. The maximum Gasteiger partial charge on any atom is 0.254 e. The number of amides is 4. The Balaban J connectivity index is 0.000000121. The van der Waals surface area contributed by atoms with E-state index >= 15 is 0 Å². The Morgan fingerprint density at radius 2 is 0.800 bits per heavy atom. The summed E-state index contributed by atoms with van der Waals surface area (Å²) in [5.74, 6) is 4.06. The number of hydrogen-bond acceptors (Lipinski definition) is 21. The third-order valence-electron chi connectivity index (χ3n) is 32.1. The lowest BCUT2D eigenvalue weighted by molar-refractivity contribution is -0.142. The van der Waals surface area contributed by atoms with Crippen molar-refractivity contribution in [2.24, 2.45) is 44.4 Å². The van der Waals surface area contributed by atoms with Crippen molar-refractivity contribution in [1.29, 1.82) is 0 Å². The van der Waals surface area contributed by atoms with Crippen LogP contribution in [0.5, 0.6) is 5.75 Å². The Hall–Kier alpha value is -13.1. The van der Waals surface area contributed by atoms with E-state index in [1.165, 1.54) is 19.3 Å². The minimum absolute atomic E-state index is 0.0682. The van der Waals surface area contributed by atoms with Crippen molar-refractivity contribution < 1.29 is 33.8 Å². The fourth-order valence-corrected chi connectivity index (χ4v) is 23.0. The molecule has 3 spiro atoms. The smallest absolute Gasteiger partial charge is 0.254 e. The third kappa shape index (κ3) is 20.0. The first-order valence-electron chi connectivity index (χ1n) is 50.1. The Kier molecular flexibility index (Phi) is 28.1. The molecule has 8 aromatic heterocycles. The molecule has 140 heavy (non-hydrogen) atoms. The molecule has 2 N–H and O–H groups in total. The first kappa shape index (κ1) is 95.8. The second-order valence-corrected chi connectivity index (χ2v) is 40.5. The molecule has 4 aliphatic carbocycles. The number of carbonyl (C=O) groups excluding carboxylic acids is 4. The summed E-state index contributed by atoms with van der Waals surface area (Å²) in [4.78, 5) is 137. The zero-order chi connectivity index (χ0) is 97.3. The van der Waals surface area contributed by atoms with Gasteiger partial charge in [0.1, 0.15) is 43.0 Å². The first-order chi connectivity index (χ1) is 67.8. The number of nitrogens with one attached hydrogen (secondary N) is 1. The first-order valence-corrected chi connectivity index (χ1v) is 50.1. The number of aromatic nitrogens is 8. The number of aliphatic hydroxyl groups is 1. The van der Waals surface area contributed by atoms with E-state index in [0.29, 0.717) is 56.4 Å². The lowest BCUT2D eigenvalue weighted by Crippen LogP contribution is -2.55. The van der Waals surface area contributed by atoms with Gasteiger partial charge in [-0.05, 0) is 222 Å². The highest BCUT2D eigenvalue weighted by molar-refractivity contribution is 5.87. The molecule has 2 aromatic carbocycles. The molecule has 8 aliphatic heterocycles. The molecule has 12 aliphatic rings. The summed E-state index contributed by atoms with van der Waals surface area (Å²) in [6, 6.07) is 30.9. The van der Waals surface area contributed by atoms with Crippen LogP contribution in [-0.4, -0.2) is 267 Å². The molecule has 0 bridgehead atoms. The Morgan fingerprint density at radius 3 is 1.24 bits per heavy atom. The summed E-state index contributed by atoms with van der Waals surface area (Å²) >= 11 is 0. The van der Waals surface area contributed by atoms with Gasteiger partial charge in [-0.25, -0.2) is 19.9 Å². The second kappa shape index (κ2) is 41.0. The lowest BCUT2D eigenvalue weighted by Gasteiger charge is -2.47. The summed E-state index contributed by atoms with van der Waals surface area (Å²) in [7, 11) is 10.9. The van der Waals surface area contributed by atoms with Gasteiger partial charge in [0.2, 0.25) is 23.6 Å². The number of aliphatic hydroxyl groups excluding tert-OH is 1. The van der Waals surface area contributed by atoms with Crippen LogP contribution in [0.15, 0.2) is 178 Å². The third-order valence-corrected chi connectivity index (χ3v) is 32.1. The van der Waals surface area contributed by atoms with Crippen LogP contribution < -0.4 is 47.0 Å². The summed E-state index contributed by atoms with van der Waals surface area (Å²) in [6.07, 6.45) is 43.9. The van der Waals surface area contributed by atoms with Crippen LogP contribution in [0.25, 0.3) is 91.0 Å². The summed E-state index contributed by atoms with van der Waals surface area (Å²) < 4.78 is 18.5. The highest BCUT2D eigenvalue weighted by atomic mass is 16.5. The predicted molar refractivity (Wildman–Crippen MR) is 550 cm³/mol. The van der Waals surface area contributed by atoms with Gasteiger partial charge in [-0.15, -0.1) is 0 Å². The molecule has 0 unspecified atom stereocenters. The molecule has 10 aromatic rings. The van der Waals surface area contributed by atoms with Gasteiger partial charge in [-0.3, -0.25) is 48.2 Å². The topological polar surface area (TPSA) is 288 Å². The Labute approximate surface area is 817 Å². The van der Waals surface area contributed by atoms with Crippen molar-refractivity contribution in [2.45, 2.75) is 116 Å². The number of fused-ring (bicyclic) bond motifs is 5. The molecule has 2 atom stereocenters. The quantitative estimate of drug-likeness (QED) is 0.0755. The SMILES string of the molecule is C[C@@H]1C(=O)N(C)CCN1CCOCC(=O)N1CCC2(CC1)CCN(c1ccc(-c3cn(C)c(=O)c4c3C=CC4)cn1)CC2.C[C@@H]1C(=O)N(C)CCN1CCOc1ccc2nc(-c3ccc(-c4cn(C)c(=O)c5c4C=CC5)cc3)ccc2c1.Cn1cc(-c2ccc(N3CCC4(CCN(C(=O)CO)CC4)C3)nc2)c2c(c1=O)CC=C2.Cn1cc(-c2ccc(N3CCC4(CCNCC4)C3)nc2)c2c(c1=O)CC=C2. The number of pyridine rings is 8.